The first-order valence-corrected chi connectivity index (χ1v) is 9.95. The highest BCUT2D eigenvalue weighted by Gasteiger charge is 2.59. The molecule has 2 bridgehead atoms. The minimum absolute atomic E-state index is 0.0846. The first-order chi connectivity index (χ1) is 7.42. The van der Waals surface area contributed by atoms with E-state index in [9.17, 15) is 4.79 Å². The molecule has 3 heteroatoms. The molecule has 2 aliphatic carbocycles. The van der Waals surface area contributed by atoms with Crippen LogP contribution in [0.15, 0.2) is 11.6 Å². The van der Waals surface area contributed by atoms with Gasteiger partial charge in [-0.05, 0) is 42.7 Å². The number of carbonyl (C=O) groups is 1. The largest absolute Gasteiger partial charge is 0.451 e. The smallest absolute Gasteiger partial charge is 0.331 e. The fourth-order valence-corrected chi connectivity index (χ4v) is 7.24. The van der Waals surface area contributed by atoms with Crippen molar-refractivity contribution >= 4 is 14.0 Å². The highest BCUT2D eigenvalue weighted by Crippen LogP contribution is 2.61. The van der Waals surface area contributed by atoms with Gasteiger partial charge in [0, 0.05) is 6.08 Å². The molecular formula is C13H20O2Si. The van der Waals surface area contributed by atoms with Gasteiger partial charge in [-0.15, -0.1) is 0 Å². The highest BCUT2D eigenvalue weighted by atomic mass is 28.3. The van der Waals surface area contributed by atoms with Crippen LogP contribution in [0.5, 0.6) is 0 Å². The van der Waals surface area contributed by atoms with Crippen molar-refractivity contribution < 1.29 is 9.53 Å². The molecular weight excluding hydrogens is 216 g/mol. The van der Waals surface area contributed by atoms with E-state index < -0.39 is 8.07 Å². The normalized spacial score (nSPS) is 41.7. The van der Waals surface area contributed by atoms with Crippen molar-refractivity contribution in [2.45, 2.75) is 56.5 Å². The van der Waals surface area contributed by atoms with Crippen molar-refractivity contribution in [2.75, 3.05) is 0 Å². The molecule has 16 heavy (non-hydrogen) atoms. The minimum atomic E-state index is -1.23. The van der Waals surface area contributed by atoms with Crippen LogP contribution in [-0.4, -0.2) is 19.6 Å². The van der Waals surface area contributed by atoms with Crippen LogP contribution in [0.1, 0.15) is 25.7 Å². The quantitative estimate of drug-likeness (QED) is 0.516. The van der Waals surface area contributed by atoms with Crippen LogP contribution in [-0.2, 0) is 9.53 Å². The zero-order chi connectivity index (χ0) is 11.6. The highest BCUT2D eigenvalue weighted by molar-refractivity contribution is 6.78. The monoisotopic (exact) mass is 236 g/mol. The summed E-state index contributed by atoms with van der Waals surface area (Å²) < 4.78 is 5.66. The third-order valence-corrected chi connectivity index (χ3v) is 7.23. The van der Waals surface area contributed by atoms with Crippen molar-refractivity contribution in [3.63, 3.8) is 0 Å². The average Bonchev–Trinajstić information content (AvgIpc) is 2.50. The Kier molecular flexibility index (Phi) is 1.98. The Morgan fingerprint density at radius 3 is 2.88 bits per heavy atom. The summed E-state index contributed by atoms with van der Waals surface area (Å²) in [6, 6.07) is 0. The van der Waals surface area contributed by atoms with Crippen LogP contribution in [0, 0.1) is 5.92 Å². The molecule has 2 nitrogen and oxygen atoms in total. The third kappa shape index (κ3) is 1.27. The lowest BCUT2D eigenvalue weighted by atomic mass is 9.85. The third-order valence-electron chi connectivity index (χ3n) is 4.58. The van der Waals surface area contributed by atoms with Crippen molar-refractivity contribution in [1.82, 2.24) is 0 Å². The van der Waals surface area contributed by atoms with Gasteiger partial charge in [-0.1, -0.05) is 19.6 Å². The van der Waals surface area contributed by atoms with Gasteiger partial charge in [0.2, 0.25) is 0 Å². The van der Waals surface area contributed by atoms with E-state index in [4.69, 9.17) is 4.74 Å². The number of rotatable bonds is 1. The molecule has 1 aliphatic heterocycles. The number of hydrogen-bond acceptors (Lipinski definition) is 2. The molecule has 0 aromatic carbocycles. The van der Waals surface area contributed by atoms with Crippen molar-refractivity contribution in [3.8, 4) is 0 Å². The predicted octanol–water partition coefficient (Wildman–Crippen LogP) is 3.12. The van der Waals surface area contributed by atoms with Crippen LogP contribution in [0.4, 0.5) is 0 Å². The molecule has 3 aliphatic rings. The Balaban J connectivity index is 2.07. The molecule has 3 rings (SSSR count). The van der Waals surface area contributed by atoms with Crippen LogP contribution < -0.4 is 0 Å². The Morgan fingerprint density at radius 2 is 2.19 bits per heavy atom. The number of esters is 1. The number of ether oxygens (including phenoxy) is 1. The van der Waals surface area contributed by atoms with Gasteiger partial charge < -0.3 is 4.74 Å². The van der Waals surface area contributed by atoms with Gasteiger partial charge in [0.25, 0.3) is 0 Å². The van der Waals surface area contributed by atoms with Gasteiger partial charge in [-0.3, -0.25) is 0 Å². The second-order valence-electron chi connectivity index (χ2n) is 6.72. The lowest BCUT2D eigenvalue weighted by Crippen LogP contribution is -2.32. The molecule has 0 radical (unpaired) electrons. The van der Waals surface area contributed by atoms with E-state index in [2.05, 4.69) is 19.6 Å². The molecule has 88 valence electrons. The molecule has 3 atom stereocenters. The number of hydrogen-bond donors (Lipinski definition) is 0. The molecule has 0 saturated heterocycles. The van der Waals surface area contributed by atoms with E-state index >= 15 is 0 Å². The summed E-state index contributed by atoms with van der Waals surface area (Å²) in [6.07, 6.45) is 6.58. The lowest BCUT2D eigenvalue weighted by molar-refractivity contribution is -0.147. The maximum absolute atomic E-state index is 11.5. The molecule has 2 fully saturated rings. The first kappa shape index (κ1) is 10.6. The summed E-state index contributed by atoms with van der Waals surface area (Å²) in [5.74, 6) is 0.707. The van der Waals surface area contributed by atoms with E-state index in [0.717, 1.165) is 18.8 Å². The van der Waals surface area contributed by atoms with Gasteiger partial charge in [-0.2, -0.15) is 0 Å². The van der Waals surface area contributed by atoms with E-state index in [-0.39, 0.29) is 11.6 Å². The van der Waals surface area contributed by atoms with E-state index in [1.807, 2.05) is 6.08 Å². The molecule has 3 unspecified atom stereocenters. The summed E-state index contributed by atoms with van der Waals surface area (Å²) in [4.78, 5) is 11.5. The van der Waals surface area contributed by atoms with Gasteiger partial charge in [0.15, 0.2) is 0 Å². The van der Waals surface area contributed by atoms with Crippen LogP contribution in [0.2, 0.25) is 25.2 Å². The van der Waals surface area contributed by atoms with Crippen LogP contribution in [0.3, 0.4) is 0 Å². The van der Waals surface area contributed by atoms with E-state index in [0.29, 0.717) is 5.54 Å². The second kappa shape index (κ2) is 3.00. The van der Waals surface area contributed by atoms with Gasteiger partial charge in [0.05, 0.1) is 8.07 Å². The molecule has 1 spiro atoms. The SMILES string of the molecule is C[Si](C)(C)C1C2=CC(=O)OC23CCCC1C3. The molecule has 0 amide bonds. The molecule has 1 heterocycles. The van der Waals surface area contributed by atoms with Crippen molar-refractivity contribution in [3.05, 3.63) is 11.6 Å². The predicted molar refractivity (Wildman–Crippen MR) is 66.0 cm³/mol. The first-order valence-electron chi connectivity index (χ1n) is 6.37. The fraction of sp³-hybridized carbons (Fsp3) is 0.769. The van der Waals surface area contributed by atoms with Gasteiger partial charge >= 0.3 is 5.97 Å². The van der Waals surface area contributed by atoms with Crippen molar-refractivity contribution in [1.29, 1.82) is 0 Å². The maximum Gasteiger partial charge on any atom is 0.331 e. The summed E-state index contributed by atoms with van der Waals surface area (Å²) in [5.41, 5.74) is 1.91. The average molecular weight is 236 g/mol. The Bertz CT molecular complexity index is 380. The summed E-state index contributed by atoms with van der Waals surface area (Å²) in [7, 11) is -1.23. The standard InChI is InChI=1S/C13H20O2Si/c1-16(2,3)12-9-5-4-6-13(8-9)10(12)7-11(14)15-13/h7,9,12H,4-6,8H2,1-3H3. The van der Waals surface area contributed by atoms with Crippen LogP contribution in [0.25, 0.3) is 0 Å². The van der Waals surface area contributed by atoms with Gasteiger partial charge in [-0.25, -0.2) is 4.79 Å². The molecule has 0 aromatic rings. The summed E-state index contributed by atoms with van der Waals surface area (Å²) in [5, 5.41) is 0. The zero-order valence-electron chi connectivity index (χ0n) is 10.4. The van der Waals surface area contributed by atoms with Crippen molar-refractivity contribution in [2.24, 2.45) is 5.92 Å². The Hall–Kier alpha value is -0.573. The Morgan fingerprint density at radius 1 is 1.44 bits per heavy atom. The maximum atomic E-state index is 11.5. The zero-order valence-corrected chi connectivity index (χ0v) is 11.4. The summed E-state index contributed by atoms with van der Waals surface area (Å²) >= 11 is 0. The minimum Gasteiger partial charge on any atom is -0.451 e. The number of carbonyl (C=O) groups excluding carboxylic acids is 1. The lowest BCUT2D eigenvalue weighted by Gasteiger charge is -2.30. The van der Waals surface area contributed by atoms with E-state index in [1.54, 1.807) is 0 Å². The molecule has 0 aromatic heterocycles. The topological polar surface area (TPSA) is 26.3 Å². The second-order valence-corrected chi connectivity index (χ2v) is 12.1. The summed E-state index contributed by atoms with van der Waals surface area (Å²) in [6.45, 7) is 7.28. The van der Waals surface area contributed by atoms with Crippen LogP contribution >= 0.6 is 0 Å². The van der Waals surface area contributed by atoms with E-state index in [1.165, 1.54) is 18.4 Å². The number of fused-ring (bicyclic) bond motifs is 1. The molecule has 0 N–H and O–H groups in total. The Labute approximate surface area is 98.1 Å². The fourth-order valence-electron chi connectivity index (χ4n) is 4.26. The van der Waals surface area contributed by atoms with Gasteiger partial charge in [0.1, 0.15) is 5.60 Å². The molecule has 2 saturated carbocycles.